The van der Waals surface area contributed by atoms with E-state index in [-0.39, 0.29) is 5.82 Å². The molecule has 210 valence electrons. The van der Waals surface area contributed by atoms with Gasteiger partial charge < -0.3 is 55.8 Å². The van der Waals surface area contributed by atoms with E-state index in [1.807, 2.05) is 0 Å². The monoisotopic (exact) mass is 577 g/mol. The van der Waals surface area contributed by atoms with Crippen LogP contribution < -0.4 is 11.1 Å². The van der Waals surface area contributed by atoms with Crippen molar-refractivity contribution in [2.24, 2.45) is 10.7 Å². The number of rotatable bonds is 14. The highest BCUT2D eigenvalue weighted by atomic mass is 31.2. The molecule has 37 heavy (non-hydrogen) atoms. The molecule has 1 aromatic heterocycles. The molecule has 11 N–H and O–H groups in total. The fourth-order valence-electron chi connectivity index (χ4n) is 2.96. The number of amides is 1. The van der Waals surface area contributed by atoms with Crippen molar-refractivity contribution in [3.05, 3.63) is 12.0 Å². The summed E-state index contributed by atoms with van der Waals surface area (Å²) in [5, 5.41) is 42.2. The molecule has 0 bridgehead atoms. The second kappa shape index (κ2) is 12.6. The van der Waals surface area contributed by atoms with Crippen molar-refractivity contribution in [2.75, 3.05) is 25.1 Å². The first-order chi connectivity index (χ1) is 17.0. The number of phosphoric acid groups is 2. The van der Waals surface area contributed by atoms with E-state index in [9.17, 15) is 39.1 Å². The SMILES string of the molecule is NC(=O)c1ncn(C2OC(COP(=O)(O)O)C(O)C2O)c1NC=NCC(=O)C(O)C(O)COP(=O)(O)O. The van der Waals surface area contributed by atoms with Gasteiger partial charge in [-0.2, -0.15) is 0 Å². The minimum absolute atomic E-state index is 0.243. The third-order valence-corrected chi connectivity index (χ3v) is 5.66. The number of aliphatic hydroxyl groups excluding tert-OH is 4. The number of nitrogens with zero attached hydrogens (tertiary/aromatic N) is 3. The van der Waals surface area contributed by atoms with Crippen LogP contribution in [0.5, 0.6) is 0 Å². The Morgan fingerprint density at radius 1 is 1.19 bits per heavy atom. The lowest BCUT2D eigenvalue weighted by atomic mass is 10.1. The zero-order valence-electron chi connectivity index (χ0n) is 18.5. The Hall–Kier alpha value is -2.16. The number of phosphoric ester groups is 2. The minimum atomic E-state index is -4.95. The molecular weight excluding hydrogens is 552 g/mol. The number of carbonyl (C=O) groups is 2. The number of primary amides is 1. The van der Waals surface area contributed by atoms with E-state index < -0.39 is 89.5 Å². The first kappa shape index (κ1) is 31.1. The zero-order chi connectivity index (χ0) is 28.1. The molecule has 6 unspecified atom stereocenters. The van der Waals surface area contributed by atoms with Gasteiger partial charge in [-0.3, -0.25) is 28.2 Å². The molecule has 0 saturated carbocycles. The first-order valence-electron chi connectivity index (χ1n) is 9.94. The van der Waals surface area contributed by atoms with Crippen molar-refractivity contribution in [3.63, 3.8) is 0 Å². The number of nitrogens with one attached hydrogen (secondary N) is 1. The average molecular weight is 577 g/mol. The van der Waals surface area contributed by atoms with E-state index in [2.05, 4.69) is 24.3 Å². The number of hydrogen-bond acceptors (Lipinski definition) is 13. The van der Waals surface area contributed by atoms with Crippen molar-refractivity contribution in [2.45, 2.75) is 36.7 Å². The molecule has 0 aromatic carbocycles. The van der Waals surface area contributed by atoms with Crippen LogP contribution in [0.1, 0.15) is 16.7 Å². The second-order valence-electron chi connectivity index (χ2n) is 7.42. The van der Waals surface area contributed by atoms with Gasteiger partial charge in [-0.1, -0.05) is 0 Å². The Kier molecular flexibility index (Phi) is 10.6. The van der Waals surface area contributed by atoms with Gasteiger partial charge in [0.1, 0.15) is 42.9 Å². The molecule has 1 aromatic rings. The lowest BCUT2D eigenvalue weighted by molar-refractivity contribution is -0.132. The van der Waals surface area contributed by atoms with Gasteiger partial charge in [-0.25, -0.2) is 14.1 Å². The molecular formula is C15H25N5O15P2. The van der Waals surface area contributed by atoms with E-state index >= 15 is 0 Å². The van der Waals surface area contributed by atoms with Crippen molar-refractivity contribution in [1.29, 1.82) is 0 Å². The maximum absolute atomic E-state index is 11.9. The van der Waals surface area contributed by atoms with Crippen LogP contribution in [0.4, 0.5) is 5.82 Å². The molecule has 20 nitrogen and oxygen atoms in total. The van der Waals surface area contributed by atoms with Gasteiger partial charge >= 0.3 is 15.6 Å². The van der Waals surface area contributed by atoms with Gasteiger partial charge in [0.25, 0.3) is 5.91 Å². The predicted octanol–water partition coefficient (Wildman–Crippen LogP) is -4.45. The third kappa shape index (κ3) is 8.97. The Morgan fingerprint density at radius 3 is 2.38 bits per heavy atom. The summed E-state index contributed by atoms with van der Waals surface area (Å²) in [6.45, 7) is -2.60. The summed E-state index contributed by atoms with van der Waals surface area (Å²) in [6.07, 6.45) is -8.46. The fraction of sp³-hybridized carbons (Fsp3) is 0.600. The molecule has 0 radical (unpaired) electrons. The standard InChI is InChI=1S/C15H25N5O15P2/c16-13(26)9-14(18-4-17-1-6(21)10(23)7(22)2-33-36(27,28)29)20(5-19-9)15-12(25)11(24)8(35-15)3-34-37(30,31)32/h4-5,7-8,10-12,15,22-25H,1-3H2,(H2,16,26)(H,17,18)(H2,27,28,29)(H2,30,31,32). The molecule has 22 heteroatoms. The van der Waals surface area contributed by atoms with Crippen LogP contribution in [0.15, 0.2) is 11.3 Å². The molecule has 1 aliphatic rings. The number of aliphatic hydroxyl groups is 4. The summed E-state index contributed by atoms with van der Waals surface area (Å²) in [7, 11) is -9.86. The normalized spacial score (nSPS) is 24.3. The summed E-state index contributed by atoms with van der Waals surface area (Å²) < 4.78 is 36.2. The topological polar surface area (TPSA) is 326 Å². The fourth-order valence-corrected chi connectivity index (χ4v) is 3.65. The molecule has 0 aliphatic carbocycles. The third-order valence-electron chi connectivity index (χ3n) is 4.69. The average Bonchev–Trinajstić information content (AvgIpc) is 3.33. The molecule has 2 rings (SSSR count). The van der Waals surface area contributed by atoms with Gasteiger partial charge in [0, 0.05) is 0 Å². The highest BCUT2D eigenvalue weighted by molar-refractivity contribution is 7.46. The van der Waals surface area contributed by atoms with Crippen LogP contribution in [0.2, 0.25) is 0 Å². The Balaban J connectivity index is 2.09. The van der Waals surface area contributed by atoms with E-state index in [1.54, 1.807) is 0 Å². The highest BCUT2D eigenvalue weighted by Gasteiger charge is 2.45. The van der Waals surface area contributed by atoms with Crippen molar-refractivity contribution in [1.82, 2.24) is 9.55 Å². The van der Waals surface area contributed by atoms with Crippen LogP contribution in [0.25, 0.3) is 0 Å². The lowest BCUT2D eigenvalue weighted by Gasteiger charge is -2.19. The van der Waals surface area contributed by atoms with Crippen LogP contribution in [-0.4, -0.2) is 118 Å². The summed E-state index contributed by atoms with van der Waals surface area (Å²) in [4.78, 5) is 65.8. The van der Waals surface area contributed by atoms with Gasteiger partial charge in [0.2, 0.25) is 0 Å². The molecule has 1 saturated heterocycles. The molecule has 6 atom stereocenters. The Morgan fingerprint density at radius 2 is 1.81 bits per heavy atom. The maximum Gasteiger partial charge on any atom is 0.469 e. The van der Waals surface area contributed by atoms with Crippen LogP contribution in [0.3, 0.4) is 0 Å². The second-order valence-corrected chi connectivity index (χ2v) is 9.90. The van der Waals surface area contributed by atoms with E-state index in [0.29, 0.717) is 0 Å². The summed E-state index contributed by atoms with van der Waals surface area (Å²) >= 11 is 0. The van der Waals surface area contributed by atoms with Crippen LogP contribution in [0, 0.1) is 0 Å². The zero-order valence-corrected chi connectivity index (χ0v) is 20.3. The number of aliphatic imine (C=N–C) groups is 1. The number of carbonyl (C=O) groups excluding carboxylic acids is 2. The van der Waals surface area contributed by atoms with Crippen molar-refractivity contribution < 1.29 is 72.5 Å². The summed E-state index contributed by atoms with van der Waals surface area (Å²) in [5.41, 5.74) is 4.85. The van der Waals surface area contributed by atoms with E-state index in [1.165, 1.54) is 0 Å². The summed E-state index contributed by atoms with van der Waals surface area (Å²) in [5.74, 6) is -2.37. The predicted molar refractivity (Wildman–Crippen MR) is 117 cm³/mol. The van der Waals surface area contributed by atoms with E-state index in [4.69, 9.17) is 30.0 Å². The molecule has 0 spiro atoms. The lowest BCUT2D eigenvalue weighted by Crippen LogP contribution is -2.38. The largest absolute Gasteiger partial charge is 0.469 e. The molecule has 1 amide bonds. The molecule has 2 heterocycles. The number of imidazole rings is 1. The van der Waals surface area contributed by atoms with Gasteiger partial charge in [-0.15, -0.1) is 0 Å². The van der Waals surface area contributed by atoms with Crippen LogP contribution in [-0.2, 0) is 27.7 Å². The number of ether oxygens (including phenoxy) is 1. The number of aromatic nitrogens is 2. The smallest absolute Gasteiger partial charge is 0.388 e. The quantitative estimate of drug-likeness (QED) is 0.0566. The maximum atomic E-state index is 11.9. The number of anilines is 1. The molecule has 1 fully saturated rings. The van der Waals surface area contributed by atoms with Crippen molar-refractivity contribution >= 4 is 39.5 Å². The van der Waals surface area contributed by atoms with Crippen LogP contribution >= 0.6 is 15.6 Å². The van der Waals surface area contributed by atoms with Crippen molar-refractivity contribution in [3.8, 4) is 0 Å². The Labute approximate surface area is 206 Å². The first-order valence-corrected chi connectivity index (χ1v) is 13.0. The van der Waals surface area contributed by atoms with Gasteiger partial charge in [0.15, 0.2) is 17.7 Å². The molecule has 1 aliphatic heterocycles. The van der Waals surface area contributed by atoms with E-state index in [0.717, 1.165) is 17.2 Å². The number of Topliss-reactive ketones (excluding diaryl/α,β-unsaturated/α-hetero) is 1. The Bertz CT molecular complexity index is 1090. The number of nitrogens with two attached hydrogens (primary N) is 1. The summed E-state index contributed by atoms with van der Waals surface area (Å²) in [6, 6.07) is 0. The van der Waals surface area contributed by atoms with Gasteiger partial charge in [0.05, 0.1) is 25.9 Å². The van der Waals surface area contributed by atoms with Gasteiger partial charge in [-0.05, 0) is 0 Å². The highest BCUT2D eigenvalue weighted by Crippen LogP contribution is 2.39. The number of hydrogen-bond donors (Lipinski definition) is 10. The minimum Gasteiger partial charge on any atom is -0.388 e. The number of ketones is 1.